The van der Waals surface area contributed by atoms with Crippen LogP contribution in [0.1, 0.15) is 32.8 Å². The molecule has 1 fully saturated rings. The molecule has 1 amide bonds. The second-order valence-electron chi connectivity index (χ2n) is 6.49. The van der Waals surface area contributed by atoms with Crippen molar-refractivity contribution < 1.29 is 9.53 Å². The lowest BCUT2D eigenvalue weighted by Crippen LogP contribution is -2.38. The van der Waals surface area contributed by atoms with E-state index < -0.39 is 5.60 Å². The number of hydrogen-bond acceptors (Lipinski definition) is 4. The minimum Gasteiger partial charge on any atom is -0.444 e. The molecule has 1 saturated heterocycles. The number of likely N-dealkylation sites (tertiary alicyclic amines) is 1. The lowest BCUT2D eigenvalue weighted by Gasteiger charge is -2.24. The molecular weight excluding hydrogens is 266 g/mol. The number of anilines is 1. The summed E-state index contributed by atoms with van der Waals surface area (Å²) in [6, 6.07) is 8.12. The van der Waals surface area contributed by atoms with Crippen molar-refractivity contribution in [1.82, 2.24) is 10.2 Å². The lowest BCUT2D eigenvalue weighted by molar-refractivity contribution is 0.0291. The third-order valence-electron chi connectivity index (χ3n) is 3.48. The first-order chi connectivity index (χ1) is 9.85. The van der Waals surface area contributed by atoms with Crippen LogP contribution in [0.4, 0.5) is 10.5 Å². The van der Waals surface area contributed by atoms with Crippen molar-refractivity contribution in [3.63, 3.8) is 0 Å². The minimum atomic E-state index is -0.443. The van der Waals surface area contributed by atoms with E-state index in [-0.39, 0.29) is 12.1 Å². The van der Waals surface area contributed by atoms with Crippen LogP contribution in [-0.2, 0) is 11.3 Å². The van der Waals surface area contributed by atoms with E-state index in [1.54, 1.807) is 4.90 Å². The van der Waals surface area contributed by atoms with Gasteiger partial charge in [0.05, 0.1) is 0 Å². The molecule has 5 heteroatoms. The summed E-state index contributed by atoms with van der Waals surface area (Å²) in [7, 11) is 0. The van der Waals surface area contributed by atoms with Gasteiger partial charge < -0.3 is 20.7 Å². The fourth-order valence-electron chi connectivity index (χ4n) is 2.37. The van der Waals surface area contributed by atoms with E-state index in [1.165, 1.54) is 0 Å². The maximum absolute atomic E-state index is 12.0. The molecule has 1 aromatic carbocycles. The third kappa shape index (κ3) is 4.63. The molecule has 1 aromatic rings. The second kappa shape index (κ2) is 6.35. The summed E-state index contributed by atoms with van der Waals surface area (Å²) < 4.78 is 5.39. The molecule has 5 nitrogen and oxygen atoms in total. The normalized spacial score (nSPS) is 18.8. The highest BCUT2D eigenvalue weighted by Gasteiger charge is 2.29. The highest BCUT2D eigenvalue weighted by molar-refractivity contribution is 5.68. The first-order valence-electron chi connectivity index (χ1n) is 7.40. The number of hydrogen-bond donors (Lipinski definition) is 2. The summed E-state index contributed by atoms with van der Waals surface area (Å²) in [6.45, 7) is 7.79. The fourth-order valence-corrected chi connectivity index (χ4v) is 2.37. The van der Waals surface area contributed by atoms with Gasteiger partial charge in [-0.1, -0.05) is 18.2 Å². The van der Waals surface area contributed by atoms with Crippen molar-refractivity contribution in [2.45, 2.75) is 45.4 Å². The molecule has 0 aliphatic carbocycles. The second-order valence-corrected chi connectivity index (χ2v) is 6.49. The van der Waals surface area contributed by atoms with Crippen molar-refractivity contribution in [2.24, 2.45) is 0 Å². The zero-order chi connectivity index (χ0) is 15.5. The van der Waals surface area contributed by atoms with Crippen LogP contribution in [0.2, 0.25) is 0 Å². The average Bonchev–Trinajstić information content (AvgIpc) is 2.85. The van der Waals surface area contributed by atoms with E-state index >= 15 is 0 Å². The molecule has 2 rings (SSSR count). The van der Waals surface area contributed by atoms with Gasteiger partial charge in [-0.05, 0) is 38.8 Å². The van der Waals surface area contributed by atoms with Gasteiger partial charge in [-0.15, -0.1) is 0 Å². The van der Waals surface area contributed by atoms with Gasteiger partial charge >= 0.3 is 6.09 Å². The zero-order valence-corrected chi connectivity index (χ0v) is 13.1. The number of nitrogen functional groups attached to an aromatic ring is 1. The minimum absolute atomic E-state index is 0.231. The SMILES string of the molecule is CC(C)(C)OC(=O)N1CC[C@@H](NCc2ccccc2N)C1. The van der Waals surface area contributed by atoms with Crippen LogP contribution < -0.4 is 11.1 Å². The molecule has 0 radical (unpaired) electrons. The predicted octanol–water partition coefficient (Wildman–Crippen LogP) is 2.37. The van der Waals surface area contributed by atoms with E-state index in [0.717, 1.165) is 30.8 Å². The zero-order valence-electron chi connectivity index (χ0n) is 13.1. The predicted molar refractivity (Wildman–Crippen MR) is 83.9 cm³/mol. The van der Waals surface area contributed by atoms with E-state index in [0.29, 0.717) is 6.54 Å². The van der Waals surface area contributed by atoms with Crippen molar-refractivity contribution in [3.05, 3.63) is 29.8 Å². The number of ether oxygens (including phenoxy) is 1. The third-order valence-corrected chi connectivity index (χ3v) is 3.48. The number of carbonyl (C=O) groups is 1. The van der Waals surface area contributed by atoms with Crippen LogP contribution in [0.3, 0.4) is 0 Å². The molecule has 0 aromatic heterocycles. The summed E-state index contributed by atoms with van der Waals surface area (Å²) >= 11 is 0. The van der Waals surface area contributed by atoms with E-state index in [4.69, 9.17) is 10.5 Å². The summed E-state index contributed by atoms with van der Waals surface area (Å²) in [5.41, 5.74) is 7.37. The van der Waals surface area contributed by atoms with Crippen molar-refractivity contribution in [2.75, 3.05) is 18.8 Å². The Hall–Kier alpha value is -1.75. The van der Waals surface area contributed by atoms with Gasteiger partial charge in [0.25, 0.3) is 0 Å². The summed E-state index contributed by atoms with van der Waals surface area (Å²) in [5, 5.41) is 3.46. The Morgan fingerprint density at radius 3 is 2.81 bits per heavy atom. The first kappa shape index (κ1) is 15.6. The number of nitrogens with one attached hydrogen (secondary N) is 1. The molecular formula is C16H25N3O2. The molecule has 0 saturated carbocycles. The Balaban J connectivity index is 1.80. The molecule has 1 atom stereocenters. The van der Waals surface area contributed by atoms with E-state index in [2.05, 4.69) is 5.32 Å². The monoisotopic (exact) mass is 291 g/mol. The average molecular weight is 291 g/mol. The summed E-state index contributed by atoms with van der Waals surface area (Å²) in [4.78, 5) is 13.8. The van der Waals surface area contributed by atoms with Gasteiger partial charge in [0.1, 0.15) is 5.60 Å². The van der Waals surface area contributed by atoms with Crippen LogP contribution in [0, 0.1) is 0 Å². The van der Waals surface area contributed by atoms with Crippen LogP contribution in [-0.4, -0.2) is 35.7 Å². The highest BCUT2D eigenvalue weighted by Crippen LogP contribution is 2.16. The van der Waals surface area contributed by atoms with E-state index in [1.807, 2.05) is 45.0 Å². The van der Waals surface area contributed by atoms with Crippen molar-refractivity contribution in [1.29, 1.82) is 0 Å². The number of para-hydroxylation sites is 1. The Morgan fingerprint density at radius 1 is 1.43 bits per heavy atom. The van der Waals surface area contributed by atoms with Gasteiger partial charge in [0.15, 0.2) is 0 Å². The molecule has 0 bridgehead atoms. The molecule has 1 aliphatic rings. The standard InChI is InChI=1S/C16H25N3O2/c1-16(2,3)21-15(20)19-9-8-13(11-19)18-10-12-6-4-5-7-14(12)17/h4-7,13,18H,8-11,17H2,1-3H3/t13-/m1/s1. The maximum atomic E-state index is 12.0. The highest BCUT2D eigenvalue weighted by atomic mass is 16.6. The van der Waals surface area contributed by atoms with Gasteiger partial charge in [-0.2, -0.15) is 0 Å². The van der Waals surface area contributed by atoms with Gasteiger partial charge in [0, 0.05) is 31.4 Å². The fraction of sp³-hybridized carbons (Fsp3) is 0.562. The molecule has 116 valence electrons. The number of nitrogens with two attached hydrogens (primary N) is 1. The van der Waals surface area contributed by atoms with Crippen LogP contribution in [0.25, 0.3) is 0 Å². The van der Waals surface area contributed by atoms with Crippen molar-refractivity contribution in [3.8, 4) is 0 Å². The molecule has 1 aliphatic heterocycles. The summed E-state index contributed by atoms with van der Waals surface area (Å²) in [5.74, 6) is 0. The lowest BCUT2D eigenvalue weighted by atomic mass is 10.1. The smallest absolute Gasteiger partial charge is 0.410 e. The van der Waals surface area contributed by atoms with Gasteiger partial charge in [-0.3, -0.25) is 0 Å². The van der Waals surface area contributed by atoms with Crippen molar-refractivity contribution >= 4 is 11.8 Å². The topological polar surface area (TPSA) is 67.6 Å². The van der Waals surface area contributed by atoms with Gasteiger partial charge in [-0.25, -0.2) is 4.79 Å². The Bertz CT molecular complexity index is 497. The van der Waals surface area contributed by atoms with Crippen LogP contribution in [0.5, 0.6) is 0 Å². The molecule has 3 N–H and O–H groups in total. The first-order valence-corrected chi connectivity index (χ1v) is 7.40. The quantitative estimate of drug-likeness (QED) is 0.839. The number of benzene rings is 1. The van der Waals surface area contributed by atoms with E-state index in [9.17, 15) is 4.79 Å². The number of carbonyl (C=O) groups excluding carboxylic acids is 1. The number of amides is 1. The Kier molecular flexibility index (Phi) is 4.73. The maximum Gasteiger partial charge on any atom is 0.410 e. The number of nitrogens with zero attached hydrogens (tertiary/aromatic N) is 1. The van der Waals surface area contributed by atoms with Crippen LogP contribution >= 0.6 is 0 Å². The Morgan fingerprint density at radius 2 is 2.14 bits per heavy atom. The van der Waals surface area contributed by atoms with Gasteiger partial charge in [0.2, 0.25) is 0 Å². The summed E-state index contributed by atoms with van der Waals surface area (Å²) in [6.07, 6.45) is 0.706. The number of rotatable bonds is 3. The Labute approximate surface area is 126 Å². The van der Waals surface area contributed by atoms with Crippen LogP contribution in [0.15, 0.2) is 24.3 Å². The molecule has 0 spiro atoms. The molecule has 21 heavy (non-hydrogen) atoms. The molecule has 1 heterocycles. The largest absolute Gasteiger partial charge is 0.444 e. The molecule has 0 unspecified atom stereocenters.